The molecule has 12 heteroatoms. The third-order valence-corrected chi connectivity index (χ3v) is 5.27. The summed E-state index contributed by atoms with van der Waals surface area (Å²) in [6.45, 7) is 0. The van der Waals surface area contributed by atoms with Gasteiger partial charge in [0.2, 0.25) is 5.28 Å². The number of nitrogens with one attached hydrogen (secondary N) is 3. The van der Waals surface area contributed by atoms with E-state index in [9.17, 15) is 13.2 Å². The van der Waals surface area contributed by atoms with E-state index in [1.165, 1.54) is 0 Å². The monoisotopic (exact) mass is 388 g/mol. The maximum Gasteiger partial charge on any atom is 0.404 e. The number of amides is 1. The second-order valence-electron chi connectivity index (χ2n) is 6.01. The van der Waals surface area contributed by atoms with Gasteiger partial charge >= 0.3 is 6.09 Å². The zero-order chi connectivity index (χ0) is 18.2. The van der Waals surface area contributed by atoms with Crippen LogP contribution in [-0.4, -0.2) is 58.1 Å². The predicted octanol–water partition coefficient (Wildman–Crippen LogP) is 1.40. The summed E-state index contributed by atoms with van der Waals surface area (Å²) in [6, 6.07) is -0.0617. The summed E-state index contributed by atoms with van der Waals surface area (Å²) in [7, 11) is -3.57. The SMILES string of the molecule is CS(=O)(=O)c1n[nH]c2nc(Cl)nc(N[C@H]3CC[C@@H](NC(=O)O)CC3)c12. The van der Waals surface area contributed by atoms with E-state index in [2.05, 4.69) is 30.8 Å². The lowest BCUT2D eigenvalue weighted by atomic mass is 9.91. The van der Waals surface area contributed by atoms with E-state index >= 15 is 0 Å². The van der Waals surface area contributed by atoms with Crippen molar-refractivity contribution in [1.29, 1.82) is 0 Å². The van der Waals surface area contributed by atoms with Gasteiger partial charge in [0.15, 0.2) is 20.5 Å². The molecule has 3 rings (SSSR count). The molecule has 1 saturated carbocycles. The zero-order valence-electron chi connectivity index (χ0n) is 13.3. The number of H-pyrrole nitrogens is 1. The number of sulfone groups is 1. The van der Waals surface area contributed by atoms with Crippen LogP contribution in [0.15, 0.2) is 5.03 Å². The fraction of sp³-hybridized carbons (Fsp3) is 0.538. The second kappa shape index (κ2) is 6.64. The molecule has 0 radical (unpaired) electrons. The molecule has 0 saturated heterocycles. The highest BCUT2D eigenvalue weighted by atomic mass is 35.5. The fourth-order valence-electron chi connectivity index (χ4n) is 3.00. The third kappa shape index (κ3) is 3.93. The molecule has 10 nitrogen and oxygen atoms in total. The van der Waals surface area contributed by atoms with Gasteiger partial charge in [0.25, 0.3) is 0 Å². The first-order chi connectivity index (χ1) is 11.7. The van der Waals surface area contributed by atoms with Crippen molar-refractivity contribution >= 4 is 44.4 Å². The highest BCUT2D eigenvalue weighted by Crippen LogP contribution is 2.29. The number of halogens is 1. The molecule has 1 amide bonds. The number of hydrogen-bond donors (Lipinski definition) is 4. The van der Waals surface area contributed by atoms with Crippen molar-refractivity contribution in [3.05, 3.63) is 5.28 Å². The number of aromatic nitrogens is 4. The standard InChI is InChI=1S/C13H17ClN6O4S/c1-25(23,24)11-8-9(17-12(14)18-10(8)19-20-11)15-6-2-4-7(5-3-6)16-13(21)22/h6-7,16H,2-5H2,1H3,(H,21,22)(H2,15,17,18,19,20)/t6-,7+. The maximum absolute atomic E-state index is 11.9. The number of carboxylic acid groups (broad SMARTS) is 1. The van der Waals surface area contributed by atoms with E-state index in [0.717, 1.165) is 6.26 Å². The average Bonchev–Trinajstić information content (AvgIpc) is 2.92. The summed E-state index contributed by atoms with van der Waals surface area (Å²) in [5.74, 6) is 0.304. The largest absolute Gasteiger partial charge is 0.465 e. The highest BCUT2D eigenvalue weighted by Gasteiger charge is 2.26. The first-order valence-corrected chi connectivity index (χ1v) is 9.88. The predicted molar refractivity (Wildman–Crippen MR) is 90.6 cm³/mol. The molecular formula is C13H17ClN6O4S. The van der Waals surface area contributed by atoms with Gasteiger partial charge in [-0.15, -0.1) is 0 Å². The molecule has 2 aromatic rings. The Morgan fingerprint density at radius 2 is 1.88 bits per heavy atom. The summed E-state index contributed by atoms with van der Waals surface area (Å²) in [5, 5.41) is 20.9. The molecule has 0 bridgehead atoms. The number of anilines is 1. The van der Waals surface area contributed by atoms with E-state index in [0.29, 0.717) is 31.5 Å². The molecule has 0 aromatic carbocycles. The first kappa shape index (κ1) is 17.7. The second-order valence-corrected chi connectivity index (χ2v) is 8.28. The Balaban J connectivity index is 1.84. The topological polar surface area (TPSA) is 150 Å². The lowest BCUT2D eigenvalue weighted by Crippen LogP contribution is -2.39. The van der Waals surface area contributed by atoms with Crippen LogP contribution < -0.4 is 10.6 Å². The van der Waals surface area contributed by atoms with Crippen LogP contribution >= 0.6 is 11.6 Å². The van der Waals surface area contributed by atoms with Crippen molar-refractivity contribution in [2.75, 3.05) is 11.6 Å². The van der Waals surface area contributed by atoms with Crippen molar-refractivity contribution in [1.82, 2.24) is 25.5 Å². The zero-order valence-corrected chi connectivity index (χ0v) is 14.9. The summed E-state index contributed by atoms with van der Waals surface area (Å²) in [5.41, 5.74) is 0.240. The van der Waals surface area contributed by atoms with E-state index in [1.807, 2.05) is 0 Å². The Bertz CT molecular complexity index is 907. The molecular weight excluding hydrogens is 372 g/mol. The number of carbonyl (C=O) groups is 1. The summed E-state index contributed by atoms with van der Waals surface area (Å²) in [6.07, 6.45) is 2.80. The Labute approximate surface area is 148 Å². The van der Waals surface area contributed by atoms with Gasteiger partial charge in [-0.25, -0.2) is 13.2 Å². The van der Waals surface area contributed by atoms with Crippen molar-refractivity contribution in [2.24, 2.45) is 0 Å². The molecule has 1 aliphatic rings. The number of rotatable bonds is 4. The van der Waals surface area contributed by atoms with Crippen LogP contribution in [0.2, 0.25) is 5.28 Å². The van der Waals surface area contributed by atoms with E-state index in [1.54, 1.807) is 0 Å². The first-order valence-electron chi connectivity index (χ1n) is 7.61. The van der Waals surface area contributed by atoms with E-state index < -0.39 is 15.9 Å². The van der Waals surface area contributed by atoms with Crippen molar-refractivity contribution in [3.63, 3.8) is 0 Å². The Morgan fingerprint density at radius 1 is 1.24 bits per heavy atom. The molecule has 2 aromatic heterocycles. The van der Waals surface area contributed by atoms with Crippen LogP contribution in [0.5, 0.6) is 0 Å². The van der Waals surface area contributed by atoms with Gasteiger partial charge in [0, 0.05) is 18.3 Å². The Kier molecular flexibility index (Phi) is 4.69. The number of hydrogen-bond acceptors (Lipinski definition) is 7. The summed E-state index contributed by atoms with van der Waals surface area (Å²) < 4.78 is 23.8. The molecule has 0 unspecified atom stereocenters. The lowest BCUT2D eigenvalue weighted by Gasteiger charge is -2.29. The molecule has 0 atom stereocenters. The number of nitrogens with zero attached hydrogens (tertiary/aromatic N) is 3. The number of fused-ring (bicyclic) bond motifs is 1. The lowest BCUT2D eigenvalue weighted by molar-refractivity contribution is 0.185. The van der Waals surface area contributed by atoms with Crippen molar-refractivity contribution < 1.29 is 18.3 Å². The van der Waals surface area contributed by atoms with Gasteiger partial charge in [-0.05, 0) is 37.3 Å². The van der Waals surface area contributed by atoms with Gasteiger partial charge in [-0.2, -0.15) is 15.1 Å². The maximum atomic E-state index is 11.9. The van der Waals surface area contributed by atoms with Crippen LogP contribution in [-0.2, 0) is 9.84 Å². The minimum atomic E-state index is -3.57. The van der Waals surface area contributed by atoms with Crippen LogP contribution in [0.4, 0.5) is 10.6 Å². The van der Waals surface area contributed by atoms with Crippen LogP contribution in [0.1, 0.15) is 25.7 Å². The van der Waals surface area contributed by atoms with E-state index in [-0.39, 0.29) is 33.4 Å². The van der Waals surface area contributed by atoms with Crippen LogP contribution in [0.3, 0.4) is 0 Å². The summed E-state index contributed by atoms with van der Waals surface area (Å²) >= 11 is 5.91. The smallest absolute Gasteiger partial charge is 0.404 e. The average molecular weight is 389 g/mol. The minimum Gasteiger partial charge on any atom is -0.465 e. The van der Waals surface area contributed by atoms with Gasteiger partial charge in [0.1, 0.15) is 11.2 Å². The van der Waals surface area contributed by atoms with Gasteiger partial charge < -0.3 is 15.7 Å². The molecule has 0 spiro atoms. The highest BCUT2D eigenvalue weighted by molar-refractivity contribution is 7.90. The number of aromatic amines is 1. The van der Waals surface area contributed by atoms with Gasteiger partial charge in [-0.3, -0.25) is 5.10 Å². The molecule has 0 aliphatic heterocycles. The third-order valence-electron chi connectivity index (χ3n) is 4.11. The molecule has 136 valence electrons. The van der Waals surface area contributed by atoms with Crippen LogP contribution in [0.25, 0.3) is 11.0 Å². The van der Waals surface area contributed by atoms with Crippen LogP contribution in [0, 0.1) is 0 Å². The van der Waals surface area contributed by atoms with Crippen molar-refractivity contribution in [3.8, 4) is 0 Å². The van der Waals surface area contributed by atoms with Gasteiger partial charge in [-0.1, -0.05) is 0 Å². The molecule has 2 heterocycles. The minimum absolute atomic E-state index is 0.0170. The van der Waals surface area contributed by atoms with Gasteiger partial charge in [0.05, 0.1) is 0 Å². The Morgan fingerprint density at radius 3 is 2.48 bits per heavy atom. The van der Waals surface area contributed by atoms with Crippen molar-refractivity contribution in [2.45, 2.75) is 42.8 Å². The molecule has 1 aliphatic carbocycles. The molecule has 1 fully saturated rings. The molecule has 25 heavy (non-hydrogen) atoms. The quantitative estimate of drug-likeness (QED) is 0.574. The normalized spacial score (nSPS) is 21.2. The summed E-state index contributed by atoms with van der Waals surface area (Å²) in [4.78, 5) is 18.8. The van der Waals surface area contributed by atoms with E-state index in [4.69, 9.17) is 16.7 Å². The Hall–Kier alpha value is -2.14. The fourth-order valence-corrected chi connectivity index (χ4v) is 3.94. The molecule has 4 N–H and O–H groups in total.